The highest BCUT2D eigenvalue weighted by Crippen LogP contribution is 2.30. The zero-order valence-corrected chi connectivity index (χ0v) is 15.9. The van der Waals surface area contributed by atoms with E-state index in [-0.39, 0.29) is 11.7 Å². The number of fused-ring (bicyclic) bond motifs is 1. The van der Waals surface area contributed by atoms with Crippen LogP contribution in [0.1, 0.15) is 33.0 Å². The molecular formula is C21H22N4O3. The SMILES string of the molecule is COc1ccnc(CN2CCc3c(O)cc(Cn4ccnc4C)cc3C2=O)c1. The van der Waals surface area contributed by atoms with Gasteiger partial charge in [-0.1, -0.05) is 0 Å². The van der Waals surface area contributed by atoms with Crippen molar-refractivity contribution in [2.24, 2.45) is 0 Å². The predicted molar refractivity (Wildman–Crippen MR) is 103 cm³/mol. The van der Waals surface area contributed by atoms with Crippen LogP contribution < -0.4 is 4.74 Å². The third-order valence-corrected chi connectivity index (χ3v) is 5.09. The van der Waals surface area contributed by atoms with Gasteiger partial charge in [-0.2, -0.15) is 0 Å². The van der Waals surface area contributed by atoms with E-state index in [1.54, 1.807) is 36.5 Å². The van der Waals surface area contributed by atoms with Crippen LogP contribution in [-0.4, -0.2) is 44.1 Å². The highest BCUT2D eigenvalue weighted by molar-refractivity contribution is 5.97. The third kappa shape index (κ3) is 3.43. The maximum atomic E-state index is 13.1. The molecule has 0 aliphatic carbocycles. The molecule has 0 spiro atoms. The van der Waals surface area contributed by atoms with Gasteiger partial charge in [0.25, 0.3) is 5.91 Å². The Labute approximate surface area is 163 Å². The number of phenolic OH excluding ortho intramolecular Hbond substituents is 1. The van der Waals surface area contributed by atoms with E-state index in [1.807, 2.05) is 29.8 Å². The molecule has 1 aliphatic heterocycles. The lowest BCUT2D eigenvalue weighted by Gasteiger charge is -2.29. The van der Waals surface area contributed by atoms with E-state index in [1.165, 1.54) is 0 Å². The Hall–Kier alpha value is -3.35. The van der Waals surface area contributed by atoms with Crippen molar-refractivity contribution in [3.8, 4) is 11.5 Å². The molecule has 1 N–H and O–H groups in total. The molecule has 1 amide bonds. The summed E-state index contributed by atoms with van der Waals surface area (Å²) < 4.78 is 7.21. The Bertz CT molecular complexity index is 1030. The number of carbonyl (C=O) groups excluding carboxylic acids is 1. The lowest BCUT2D eigenvalue weighted by atomic mass is 9.95. The van der Waals surface area contributed by atoms with Gasteiger partial charge in [0.05, 0.1) is 19.3 Å². The molecular weight excluding hydrogens is 356 g/mol. The quantitative estimate of drug-likeness (QED) is 0.738. The molecule has 4 rings (SSSR count). The number of benzene rings is 1. The first-order valence-corrected chi connectivity index (χ1v) is 9.16. The molecule has 3 heterocycles. The van der Waals surface area contributed by atoms with Crippen molar-refractivity contribution in [1.29, 1.82) is 0 Å². The molecule has 1 aliphatic rings. The molecule has 0 fully saturated rings. The number of hydrogen-bond acceptors (Lipinski definition) is 5. The number of nitrogens with zero attached hydrogens (tertiary/aromatic N) is 4. The molecule has 28 heavy (non-hydrogen) atoms. The maximum absolute atomic E-state index is 13.1. The fraction of sp³-hybridized carbons (Fsp3) is 0.286. The zero-order chi connectivity index (χ0) is 19.7. The average Bonchev–Trinajstić information content (AvgIpc) is 3.09. The first kappa shape index (κ1) is 18.0. The van der Waals surface area contributed by atoms with Crippen LogP contribution >= 0.6 is 0 Å². The van der Waals surface area contributed by atoms with Gasteiger partial charge in [0, 0.05) is 48.9 Å². The fourth-order valence-electron chi connectivity index (χ4n) is 3.56. The van der Waals surface area contributed by atoms with Gasteiger partial charge in [-0.3, -0.25) is 9.78 Å². The van der Waals surface area contributed by atoms with Crippen molar-refractivity contribution < 1.29 is 14.6 Å². The van der Waals surface area contributed by atoms with Crippen molar-refractivity contribution in [1.82, 2.24) is 19.4 Å². The number of imidazole rings is 1. The largest absolute Gasteiger partial charge is 0.508 e. The Balaban J connectivity index is 1.60. The molecule has 2 aromatic heterocycles. The van der Waals surface area contributed by atoms with Crippen LogP contribution in [0.4, 0.5) is 0 Å². The normalized spacial score (nSPS) is 13.5. The molecule has 7 nitrogen and oxygen atoms in total. The molecule has 0 radical (unpaired) electrons. The summed E-state index contributed by atoms with van der Waals surface area (Å²) in [5, 5.41) is 10.5. The van der Waals surface area contributed by atoms with E-state index >= 15 is 0 Å². The van der Waals surface area contributed by atoms with Gasteiger partial charge in [0.15, 0.2) is 0 Å². The maximum Gasteiger partial charge on any atom is 0.254 e. The third-order valence-electron chi connectivity index (χ3n) is 5.09. The predicted octanol–water partition coefficient (Wildman–Crippen LogP) is 2.55. The molecule has 0 saturated heterocycles. The number of methoxy groups -OCH3 is 1. The number of rotatable bonds is 5. The fourth-order valence-corrected chi connectivity index (χ4v) is 3.56. The summed E-state index contributed by atoms with van der Waals surface area (Å²) in [7, 11) is 1.60. The number of phenols is 1. The van der Waals surface area contributed by atoms with Crippen molar-refractivity contribution >= 4 is 5.91 Å². The monoisotopic (exact) mass is 378 g/mol. The number of aromatic hydroxyl groups is 1. The summed E-state index contributed by atoms with van der Waals surface area (Å²) in [6.45, 7) is 3.42. The second-order valence-corrected chi connectivity index (χ2v) is 6.91. The number of aryl methyl sites for hydroxylation is 1. The number of hydrogen-bond donors (Lipinski definition) is 1. The molecule has 7 heteroatoms. The van der Waals surface area contributed by atoms with Gasteiger partial charge in [-0.15, -0.1) is 0 Å². The molecule has 3 aromatic rings. The van der Waals surface area contributed by atoms with E-state index in [9.17, 15) is 9.90 Å². The molecule has 144 valence electrons. The summed E-state index contributed by atoms with van der Waals surface area (Å²) in [5.41, 5.74) is 2.91. The molecule has 0 bridgehead atoms. The van der Waals surface area contributed by atoms with Gasteiger partial charge in [0.1, 0.15) is 17.3 Å². The Morgan fingerprint density at radius 3 is 2.79 bits per heavy atom. The van der Waals surface area contributed by atoms with E-state index < -0.39 is 0 Å². The zero-order valence-electron chi connectivity index (χ0n) is 15.9. The average molecular weight is 378 g/mol. The Kier molecular flexibility index (Phi) is 4.73. The van der Waals surface area contributed by atoms with Crippen LogP contribution in [0.25, 0.3) is 0 Å². The van der Waals surface area contributed by atoms with Crippen molar-refractivity contribution in [3.63, 3.8) is 0 Å². The number of amides is 1. The Morgan fingerprint density at radius 2 is 2.04 bits per heavy atom. The lowest BCUT2D eigenvalue weighted by molar-refractivity contribution is 0.0723. The molecule has 1 aromatic carbocycles. The van der Waals surface area contributed by atoms with Gasteiger partial charge in [-0.25, -0.2) is 4.98 Å². The van der Waals surface area contributed by atoms with Gasteiger partial charge >= 0.3 is 0 Å². The molecule has 0 atom stereocenters. The second kappa shape index (κ2) is 7.34. The number of carbonyl (C=O) groups is 1. The van der Waals surface area contributed by atoms with E-state index in [2.05, 4.69) is 9.97 Å². The van der Waals surface area contributed by atoms with Crippen LogP contribution in [0.5, 0.6) is 11.5 Å². The van der Waals surface area contributed by atoms with Crippen LogP contribution in [0.15, 0.2) is 42.9 Å². The summed E-state index contributed by atoms with van der Waals surface area (Å²) in [6.07, 6.45) is 5.91. The van der Waals surface area contributed by atoms with Crippen LogP contribution in [0.2, 0.25) is 0 Å². The topological polar surface area (TPSA) is 80.5 Å². The Morgan fingerprint density at radius 1 is 1.18 bits per heavy atom. The number of pyridine rings is 1. The van der Waals surface area contributed by atoms with Gasteiger partial charge in [-0.05, 0) is 37.1 Å². The number of ether oxygens (including phenoxy) is 1. The van der Waals surface area contributed by atoms with E-state index in [0.717, 1.165) is 17.1 Å². The van der Waals surface area contributed by atoms with E-state index in [0.29, 0.717) is 42.9 Å². The molecule has 0 unspecified atom stereocenters. The minimum Gasteiger partial charge on any atom is -0.508 e. The minimum atomic E-state index is -0.0922. The standard InChI is InChI=1S/C21H22N4O3/c1-14-22-6-8-24(14)12-15-9-19-18(20(26)10-15)4-7-25(21(19)27)13-16-11-17(28-2)3-5-23-16/h3,5-6,8-11,26H,4,7,12-13H2,1-2H3. The van der Waals surface area contributed by atoms with Crippen molar-refractivity contribution in [3.05, 3.63) is 71.1 Å². The first-order chi connectivity index (χ1) is 13.5. The van der Waals surface area contributed by atoms with Crippen LogP contribution in [0, 0.1) is 6.92 Å². The highest BCUT2D eigenvalue weighted by atomic mass is 16.5. The van der Waals surface area contributed by atoms with Gasteiger partial charge in [0.2, 0.25) is 0 Å². The second-order valence-electron chi connectivity index (χ2n) is 6.91. The summed E-state index contributed by atoms with van der Waals surface area (Å²) in [4.78, 5) is 23.4. The van der Waals surface area contributed by atoms with Crippen LogP contribution in [-0.2, 0) is 19.5 Å². The van der Waals surface area contributed by atoms with E-state index in [4.69, 9.17) is 4.74 Å². The number of aromatic nitrogens is 3. The summed E-state index contributed by atoms with van der Waals surface area (Å²) in [5.74, 6) is 1.68. The summed E-state index contributed by atoms with van der Waals surface area (Å²) in [6, 6.07) is 7.23. The smallest absolute Gasteiger partial charge is 0.254 e. The van der Waals surface area contributed by atoms with Gasteiger partial charge < -0.3 is 19.3 Å². The van der Waals surface area contributed by atoms with Crippen molar-refractivity contribution in [2.75, 3.05) is 13.7 Å². The lowest BCUT2D eigenvalue weighted by Crippen LogP contribution is -2.37. The van der Waals surface area contributed by atoms with Crippen LogP contribution in [0.3, 0.4) is 0 Å². The highest BCUT2D eigenvalue weighted by Gasteiger charge is 2.27. The minimum absolute atomic E-state index is 0.0922. The van der Waals surface area contributed by atoms with Crippen molar-refractivity contribution in [2.45, 2.75) is 26.4 Å². The summed E-state index contributed by atoms with van der Waals surface area (Å²) >= 11 is 0. The molecule has 0 saturated carbocycles. The first-order valence-electron chi connectivity index (χ1n) is 9.16.